The minimum atomic E-state index is -0.544. The number of urea groups is 1. The number of anilines is 1. The van der Waals surface area contributed by atoms with Crippen molar-refractivity contribution in [3.63, 3.8) is 0 Å². The van der Waals surface area contributed by atoms with Crippen molar-refractivity contribution in [2.24, 2.45) is 15.8 Å². The van der Waals surface area contributed by atoms with E-state index in [2.05, 4.69) is 86.4 Å². The fourth-order valence-corrected chi connectivity index (χ4v) is 4.07. The summed E-state index contributed by atoms with van der Waals surface area (Å²) in [5.74, 6) is -0.395. The molecule has 39 heavy (non-hydrogen) atoms. The van der Waals surface area contributed by atoms with Crippen LogP contribution < -0.4 is 21.5 Å². The van der Waals surface area contributed by atoms with Gasteiger partial charge < -0.3 is 11.1 Å². The topological polar surface area (TPSA) is 126 Å². The molecule has 8 heteroatoms. The molecule has 5 N–H and O–H groups in total. The monoisotopic (exact) mass is 527 g/mol. The summed E-state index contributed by atoms with van der Waals surface area (Å²) in [6.07, 6.45) is 0. The second-order valence-corrected chi connectivity index (χ2v) is 11.0. The van der Waals surface area contributed by atoms with Gasteiger partial charge in [-0.25, -0.2) is 4.79 Å². The van der Waals surface area contributed by atoms with Gasteiger partial charge in [0.2, 0.25) is 0 Å². The molecule has 3 aromatic rings. The number of nitrogens with zero attached hydrogens (tertiary/aromatic N) is 3. The molecule has 204 valence electrons. The second kappa shape index (κ2) is 12.5. The molecule has 3 aromatic carbocycles. The number of aliphatic imine (C=N–C) groups is 1. The highest BCUT2D eigenvalue weighted by molar-refractivity contribution is 6.02. The Kier molecular flexibility index (Phi) is 9.35. The molecular formula is C31H39N6O2+. The summed E-state index contributed by atoms with van der Waals surface area (Å²) in [4.78, 5) is 31.2. The first-order valence-corrected chi connectivity index (χ1v) is 13.1. The van der Waals surface area contributed by atoms with Crippen LogP contribution in [-0.2, 0) is 12.0 Å². The zero-order valence-electron chi connectivity index (χ0n) is 23.6. The first-order chi connectivity index (χ1) is 18.4. The Morgan fingerprint density at radius 1 is 0.897 bits per heavy atom. The lowest BCUT2D eigenvalue weighted by atomic mass is 9.87. The van der Waals surface area contributed by atoms with Crippen molar-refractivity contribution >= 4 is 23.6 Å². The predicted molar refractivity (Wildman–Crippen MR) is 156 cm³/mol. The Balaban J connectivity index is 1.86. The summed E-state index contributed by atoms with van der Waals surface area (Å²) in [6, 6.07) is 22.8. The molecule has 0 aromatic heterocycles. The predicted octanol–water partition coefficient (Wildman–Crippen LogP) is 5.25. The lowest BCUT2D eigenvalue weighted by Crippen LogP contribution is -2.40. The number of carbonyl (C=O) groups is 2. The Bertz CT molecular complexity index is 1320. The van der Waals surface area contributed by atoms with Gasteiger partial charge in [-0.05, 0) is 64.8 Å². The zero-order valence-corrected chi connectivity index (χ0v) is 23.6. The van der Waals surface area contributed by atoms with Crippen LogP contribution in [0.2, 0.25) is 0 Å². The van der Waals surface area contributed by atoms with Gasteiger partial charge in [0.05, 0.1) is 12.6 Å². The van der Waals surface area contributed by atoms with Crippen molar-refractivity contribution in [3.05, 3.63) is 101 Å². The lowest BCUT2D eigenvalue weighted by molar-refractivity contribution is -0.207. The van der Waals surface area contributed by atoms with Crippen LogP contribution in [0, 0.1) is 0 Å². The summed E-state index contributed by atoms with van der Waals surface area (Å²) in [6.45, 7) is 13.1. The van der Waals surface area contributed by atoms with Crippen molar-refractivity contribution in [3.8, 4) is 0 Å². The molecule has 3 amide bonds. The van der Waals surface area contributed by atoms with Crippen LogP contribution in [0.3, 0.4) is 0 Å². The van der Waals surface area contributed by atoms with Crippen LogP contribution in [0.4, 0.5) is 10.5 Å². The first kappa shape index (κ1) is 29.2. The van der Waals surface area contributed by atoms with Gasteiger partial charge in [-0.1, -0.05) is 83.1 Å². The number of hydrogen-bond acceptors (Lipinski definition) is 2. The number of nitrogens with two attached hydrogens (primary N) is 2. The van der Waals surface area contributed by atoms with E-state index >= 15 is 0 Å². The maximum Gasteiger partial charge on any atom is 0.322 e. The van der Waals surface area contributed by atoms with E-state index < -0.39 is 5.91 Å². The number of guanidine groups is 1. The lowest BCUT2D eigenvalue weighted by Gasteiger charge is -2.27. The Labute approximate surface area is 230 Å². The minimum Gasteiger partial charge on any atom is -0.363 e. The summed E-state index contributed by atoms with van der Waals surface area (Å²) >= 11 is 0. The van der Waals surface area contributed by atoms with Crippen molar-refractivity contribution in [2.45, 2.75) is 65.5 Å². The highest BCUT2D eigenvalue weighted by atomic mass is 16.2. The Morgan fingerprint density at radius 3 is 1.97 bits per heavy atom. The van der Waals surface area contributed by atoms with E-state index in [0.29, 0.717) is 18.0 Å². The molecule has 0 aliphatic rings. The summed E-state index contributed by atoms with van der Waals surface area (Å²) in [5, 5.41) is 6.34. The highest BCUT2D eigenvalue weighted by Gasteiger charge is 2.21. The maximum atomic E-state index is 13.6. The van der Waals surface area contributed by atoms with Crippen molar-refractivity contribution in [1.82, 2.24) is 5.32 Å². The highest BCUT2D eigenvalue weighted by Crippen LogP contribution is 2.27. The third-order valence-corrected chi connectivity index (χ3v) is 6.62. The smallest absolute Gasteiger partial charge is 0.322 e. The fraction of sp³-hybridized carbons (Fsp3) is 0.323. The standard InChI is InChI=1S/C31H38N6O2/c1-20(2)23-11-13-24(14-12-23)21(3)34-30(39)37(27-17-15-26(16-18-27)31(4,5)6)19-22-7-9-25(10-8-22)28(38)35-29(32)36-33/h7-18,20-21,33H,19H2,1-6H3,(H,34,39)(H2,32,35,38)/p+1. The molecule has 0 spiro atoms. The van der Waals surface area contributed by atoms with Gasteiger partial charge >= 0.3 is 6.03 Å². The maximum absolute atomic E-state index is 13.6. The number of amides is 3. The van der Waals surface area contributed by atoms with E-state index in [1.165, 1.54) is 11.1 Å². The van der Waals surface area contributed by atoms with Gasteiger partial charge in [0.15, 0.2) is 0 Å². The van der Waals surface area contributed by atoms with Gasteiger partial charge in [0.25, 0.3) is 11.9 Å². The van der Waals surface area contributed by atoms with Gasteiger partial charge in [0, 0.05) is 16.4 Å². The number of carbonyl (C=O) groups excluding carboxylic acids is 2. The van der Waals surface area contributed by atoms with Gasteiger partial charge in [-0.15, -0.1) is 5.53 Å². The first-order valence-electron chi connectivity index (χ1n) is 13.1. The van der Waals surface area contributed by atoms with Crippen LogP contribution in [0.1, 0.15) is 86.1 Å². The molecule has 0 radical (unpaired) electrons. The van der Waals surface area contributed by atoms with Crippen molar-refractivity contribution < 1.29 is 15.1 Å². The van der Waals surface area contributed by atoms with Crippen LogP contribution >= 0.6 is 0 Å². The average Bonchev–Trinajstić information content (AvgIpc) is 2.91. The Morgan fingerprint density at radius 2 is 1.46 bits per heavy atom. The molecule has 1 atom stereocenters. The summed E-state index contributed by atoms with van der Waals surface area (Å²) in [7, 11) is 0. The molecule has 3 rings (SSSR count). The second-order valence-electron chi connectivity index (χ2n) is 11.0. The minimum absolute atomic E-state index is 0.00624. The fourth-order valence-electron chi connectivity index (χ4n) is 4.07. The van der Waals surface area contributed by atoms with E-state index in [0.717, 1.165) is 16.8 Å². The van der Waals surface area contributed by atoms with Crippen LogP contribution in [0.5, 0.6) is 0 Å². The van der Waals surface area contributed by atoms with Crippen molar-refractivity contribution in [1.29, 1.82) is 0 Å². The zero-order chi connectivity index (χ0) is 28.7. The van der Waals surface area contributed by atoms with Crippen LogP contribution in [0.15, 0.2) is 82.9 Å². The van der Waals surface area contributed by atoms with E-state index in [1.54, 1.807) is 29.2 Å². The molecular weight excluding hydrogens is 488 g/mol. The molecule has 0 bridgehead atoms. The number of rotatable bonds is 7. The molecule has 0 aliphatic heterocycles. The normalized spacial score (nSPS) is 12.6. The molecule has 0 heterocycles. The van der Waals surface area contributed by atoms with E-state index in [-0.39, 0.29) is 23.4 Å². The Hall–Kier alpha value is -4.33. The number of hydrogen-bond donors (Lipinski definition) is 3. The SMILES string of the molecule is CC(C)c1ccc(C(C)NC(=O)N(Cc2ccc(C(=O)N=C(N)N=[NH2+])cc2)c2ccc(C(C)(C)C)cc2)cc1. The molecule has 1 unspecified atom stereocenters. The van der Waals surface area contributed by atoms with Crippen LogP contribution in [0.25, 0.3) is 0 Å². The van der Waals surface area contributed by atoms with Gasteiger partial charge in [0.1, 0.15) is 0 Å². The average molecular weight is 528 g/mol. The molecule has 8 nitrogen and oxygen atoms in total. The van der Waals surface area contributed by atoms with E-state index in [9.17, 15) is 9.59 Å². The van der Waals surface area contributed by atoms with Gasteiger partial charge in [-0.3, -0.25) is 9.69 Å². The number of nitrogens with one attached hydrogen (secondary N) is 1. The van der Waals surface area contributed by atoms with Crippen LogP contribution in [-0.4, -0.2) is 17.9 Å². The molecule has 0 aliphatic carbocycles. The summed E-state index contributed by atoms with van der Waals surface area (Å²) < 4.78 is 0. The van der Waals surface area contributed by atoms with E-state index in [4.69, 9.17) is 11.3 Å². The quantitative estimate of drug-likeness (QED) is 0.221. The summed E-state index contributed by atoms with van der Waals surface area (Å²) in [5.41, 5.74) is 15.9. The third-order valence-electron chi connectivity index (χ3n) is 6.62. The largest absolute Gasteiger partial charge is 0.363 e. The number of benzene rings is 3. The van der Waals surface area contributed by atoms with Crippen molar-refractivity contribution in [2.75, 3.05) is 4.90 Å². The van der Waals surface area contributed by atoms with E-state index in [1.807, 2.05) is 19.1 Å². The molecule has 0 fully saturated rings. The van der Waals surface area contributed by atoms with Gasteiger partial charge in [-0.2, -0.15) is 4.99 Å². The molecule has 0 saturated heterocycles. The third kappa shape index (κ3) is 7.83. The molecule has 0 saturated carbocycles.